The maximum absolute atomic E-state index is 4.22. The molecule has 0 saturated heterocycles. The van der Waals surface area contributed by atoms with E-state index in [0.29, 0.717) is 5.92 Å². The Hall–Kier alpha value is -1.15. The molecule has 16 heavy (non-hydrogen) atoms. The van der Waals surface area contributed by atoms with Gasteiger partial charge in [0.15, 0.2) is 0 Å². The SMILES string of the molecule is CN(C)CC1CCCC=C1c1cccnc1. The van der Waals surface area contributed by atoms with Gasteiger partial charge in [-0.25, -0.2) is 0 Å². The van der Waals surface area contributed by atoms with Crippen LogP contribution in [0.1, 0.15) is 24.8 Å². The van der Waals surface area contributed by atoms with Crippen molar-refractivity contribution in [3.05, 3.63) is 36.2 Å². The highest BCUT2D eigenvalue weighted by Crippen LogP contribution is 2.32. The van der Waals surface area contributed by atoms with E-state index in [4.69, 9.17) is 0 Å². The molecule has 1 unspecified atom stereocenters. The second-order valence-corrected chi connectivity index (χ2v) is 4.79. The molecule has 0 aromatic carbocycles. The molecule has 86 valence electrons. The average Bonchev–Trinajstić information content (AvgIpc) is 2.30. The molecule has 1 aromatic rings. The van der Waals surface area contributed by atoms with Gasteiger partial charge < -0.3 is 4.90 Å². The van der Waals surface area contributed by atoms with Gasteiger partial charge in [-0.3, -0.25) is 4.98 Å². The minimum absolute atomic E-state index is 0.674. The zero-order valence-corrected chi connectivity index (χ0v) is 10.2. The first kappa shape index (κ1) is 11.3. The van der Waals surface area contributed by atoms with Gasteiger partial charge in [0.25, 0.3) is 0 Å². The van der Waals surface area contributed by atoms with E-state index in [2.05, 4.69) is 36.1 Å². The summed E-state index contributed by atoms with van der Waals surface area (Å²) in [6, 6.07) is 4.20. The van der Waals surface area contributed by atoms with Crippen LogP contribution in [0.25, 0.3) is 5.57 Å². The third-order valence-electron chi connectivity index (χ3n) is 3.14. The molecule has 0 N–H and O–H groups in total. The average molecular weight is 216 g/mol. The lowest BCUT2D eigenvalue weighted by Gasteiger charge is -2.27. The van der Waals surface area contributed by atoms with E-state index < -0.39 is 0 Å². The molecule has 1 aromatic heterocycles. The Bertz CT molecular complexity index is 354. The molecule has 2 heteroatoms. The van der Waals surface area contributed by atoms with E-state index in [0.717, 1.165) is 6.54 Å². The molecule has 0 amide bonds. The van der Waals surface area contributed by atoms with E-state index in [1.54, 1.807) is 0 Å². The first-order valence-corrected chi connectivity index (χ1v) is 6.02. The van der Waals surface area contributed by atoms with Gasteiger partial charge in [0.05, 0.1) is 0 Å². The summed E-state index contributed by atoms with van der Waals surface area (Å²) < 4.78 is 0. The molecule has 1 heterocycles. The van der Waals surface area contributed by atoms with Crippen LogP contribution in [0.5, 0.6) is 0 Å². The van der Waals surface area contributed by atoms with E-state index in [1.807, 2.05) is 18.5 Å². The van der Waals surface area contributed by atoms with E-state index >= 15 is 0 Å². The molecule has 2 rings (SSSR count). The number of rotatable bonds is 3. The van der Waals surface area contributed by atoms with Crippen molar-refractivity contribution >= 4 is 5.57 Å². The van der Waals surface area contributed by atoms with Crippen LogP contribution in [0.3, 0.4) is 0 Å². The molecule has 0 saturated carbocycles. The summed E-state index contributed by atoms with van der Waals surface area (Å²) >= 11 is 0. The zero-order chi connectivity index (χ0) is 11.4. The molecule has 0 bridgehead atoms. The molecule has 1 atom stereocenters. The Morgan fingerprint density at radius 2 is 2.31 bits per heavy atom. The molecular weight excluding hydrogens is 196 g/mol. The number of aromatic nitrogens is 1. The topological polar surface area (TPSA) is 16.1 Å². The normalized spacial score (nSPS) is 20.9. The summed E-state index contributed by atoms with van der Waals surface area (Å²) in [6.45, 7) is 1.14. The minimum atomic E-state index is 0.674. The molecule has 0 aliphatic heterocycles. The van der Waals surface area contributed by atoms with Crippen molar-refractivity contribution in [3.63, 3.8) is 0 Å². The highest BCUT2D eigenvalue weighted by molar-refractivity contribution is 5.67. The summed E-state index contributed by atoms with van der Waals surface area (Å²) in [5.74, 6) is 0.674. The lowest BCUT2D eigenvalue weighted by molar-refractivity contribution is 0.346. The van der Waals surface area contributed by atoms with E-state index in [1.165, 1.54) is 30.4 Å². The van der Waals surface area contributed by atoms with Gasteiger partial charge in [-0.2, -0.15) is 0 Å². The van der Waals surface area contributed by atoms with Gasteiger partial charge in [0, 0.05) is 18.9 Å². The van der Waals surface area contributed by atoms with Crippen molar-refractivity contribution in [3.8, 4) is 0 Å². The van der Waals surface area contributed by atoms with Crippen molar-refractivity contribution in [2.24, 2.45) is 5.92 Å². The Kier molecular flexibility index (Phi) is 3.73. The van der Waals surface area contributed by atoms with Crippen molar-refractivity contribution in [2.45, 2.75) is 19.3 Å². The van der Waals surface area contributed by atoms with Crippen LogP contribution in [0, 0.1) is 5.92 Å². The molecular formula is C14H20N2. The predicted octanol–water partition coefficient (Wildman–Crippen LogP) is 2.83. The van der Waals surface area contributed by atoms with Crippen molar-refractivity contribution < 1.29 is 0 Å². The van der Waals surface area contributed by atoms with Crippen LogP contribution >= 0.6 is 0 Å². The van der Waals surface area contributed by atoms with Crippen molar-refractivity contribution in [2.75, 3.05) is 20.6 Å². The first-order valence-electron chi connectivity index (χ1n) is 6.02. The largest absolute Gasteiger partial charge is 0.309 e. The summed E-state index contributed by atoms with van der Waals surface area (Å²) in [5.41, 5.74) is 2.79. The van der Waals surface area contributed by atoms with Crippen LogP contribution in [-0.4, -0.2) is 30.5 Å². The van der Waals surface area contributed by atoms with Gasteiger partial charge in [-0.1, -0.05) is 12.1 Å². The quantitative estimate of drug-likeness (QED) is 0.772. The van der Waals surface area contributed by atoms with Crippen LogP contribution in [-0.2, 0) is 0 Å². The van der Waals surface area contributed by atoms with Gasteiger partial charge in [0.1, 0.15) is 0 Å². The second kappa shape index (κ2) is 5.26. The Labute approximate surface area is 98.0 Å². The standard InChI is InChI=1S/C14H20N2/c1-16(2)11-13-6-3-4-8-14(13)12-7-5-9-15-10-12/h5,7-10,13H,3-4,6,11H2,1-2H3. The Morgan fingerprint density at radius 3 is 3.00 bits per heavy atom. The van der Waals surface area contributed by atoms with Gasteiger partial charge in [0.2, 0.25) is 0 Å². The molecule has 0 radical (unpaired) electrons. The number of hydrogen-bond acceptors (Lipinski definition) is 2. The Balaban J connectivity index is 2.20. The number of pyridine rings is 1. The number of hydrogen-bond donors (Lipinski definition) is 0. The highest BCUT2D eigenvalue weighted by atomic mass is 15.1. The van der Waals surface area contributed by atoms with Crippen molar-refractivity contribution in [1.82, 2.24) is 9.88 Å². The fourth-order valence-corrected chi connectivity index (χ4v) is 2.46. The van der Waals surface area contributed by atoms with Crippen LogP contribution in [0.15, 0.2) is 30.6 Å². The lowest BCUT2D eigenvalue weighted by Crippen LogP contribution is -2.24. The lowest BCUT2D eigenvalue weighted by atomic mass is 9.84. The second-order valence-electron chi connectivity index (χ2n) is 4.79. The minimum Gasteiger partial charge on any atom is -0.309 e. The van der Waals surface area contributed by atoms with E-state index in [-0.39, 0.29) is 0 Å². The number of nitrogens with zero attached hydrogens (tertiary/aromatic N) is 2. The molecule has 2 nitrogen and oxygen atoms in total. The summed E-state index contributed by atoms with van der Waals surface area (Å²) in [6.07, 6.45) is 10.1. The van der Waals surface area contributed by atoms with Crippen LogP contribution in [0.4, 0.5) is 0 Å². The first-order chi connectivity index (χ1) is 7.77. The van der Waals surface area contributed by atoms with Gasteiger partial charge in [-0.15, -0.1) is 0 Å². The maximum Gasteiger partial charge on any atom is 0.0343 e. The van der Waals surface area contributed by atoms with Gasteiger partial charge in [-0.05, 0) is 56.5 Å². The highest BCUT2D eigenvalue weighted by Gasteiger charge is 2.19. The molecule has 1 aliphatic rings. The fourth-order valence-electron chi connectivity index (χ4n) is 2.46. The fraction of sp³-hybridized carbons (Fsp3) is 0.500. The number of allylic oxidation sites excluding steroid dienone is 1. The van der Waals surface area contributed by atoms with Crippen LogP contribution < -0.4 is 0 Å². The van der Waals surface area contributed by atoms with E-state index in [9.17, 15) is 0 Å². The third kappa shape index (κ3) is 2.70. The Morgan fingerprint density at radius 1 is 1.44 bits per heavy atom. The smallest absolute Gasteiger partial charge is 0.0343 e. The summed E-state index contributed by atoms with van der Waals surface area (Å²) in [7, 11) is 4.30. The van der Waals surface area contributed by atoms with Gasteiger partial charge >= 0.3 is 0 Å². The third-order valence-corrected chi connectivity index (χ3v) is 3.14. The van der Waals surface area contributed by atoms with Crippen molar-refractivity contribution in [1.29, 1.82) is 0 Å². The molecule has 0 fully saturated rings. The molecule has 1 aliphatic carbocycles. The summed E-state index contributed by atoms with van der Waals surface area (Å²) in [5, 5.41) is 0. The summed E-state index contributed by atoms with van der Waals surface area (Å²) in [4.78, 5) is 6.50. The maximum atomic E-state index is 4.22. The zero-order valence-electron chi connectivity index (χ0n) is 10.2. The predicted molar refractivity (Wildman–Crippen MR) is 68.1 cm³/mol. The molecule has 0 spiro atoms. The van der Waals surface area contributed by atoms with Crippen LogP contribution in [0.2, 0.25) is 0 Å². The monoisotopic (exact) mass is 216 g/mol.